The van der Waals surface area contributed by atoms with Crippen LogP contribution in [0.1, 0.15) is 17.5 Å². The molecular weight excluding hydrogens is 308 g/mol. The topological polar surface area (TPSA) is 51.2 Å². The van der Waals surface area contributed by atoms with Gasteiger partial charge in [0.2, 0.25) is 5.91 Å². The van der Waals surface area contributed by atoms with Crippen molar-refractivity contribution in [2.75, 3.05) is 11.9 Å². The van der Waals surface area contributed by atoms with Crippen LogP contribution in [0.25, 0.3) is 10.2 Å². The zero-order chi connectivity index (χ0) is 16.2. The lowest BCUT2D eigenvalue weighted by atomic mass is 10.1. The fourth-order valence-corrected chi connectivity index (χ4v) is 3.12. The third-order valence-corrected chi connectivity index (χ3v) is 4.63. The summed E-state index contributed by atoms with van der Waals surface area (Å²) in [5.41, 5.74) is 3.19. The number of nitrogens with one attached hydrogen (secondary N) is 1. The highest BCUT2D eigenvalue weighted by Crippen LogP contribution is 2.25. The van der Waals surface area contributed by atoms with Gasteiger partial charge in [0.05, 0.1) is 23.2 Å². The number of carbonyl (C=O) groups is 1. The van der Waals surface area contributed by atoms with Gasteiger partial charge in [-0.2, -0.15) is 0 Å². The van der Waals surface area contributed by atoms with Crippen molar-refractivity contribution in [2.24, 2.45) is 0 Å². The molecule has 0 spiro atoms. The summed E-state index contributed by atoms with van der Waals surface area (Å²) >= 11 is 1.48. The van der Waals surface area contributed by atoms with Gasteiger partial charge < -0.3 is 10.1 Å². The number of carbonyl (C=O) groups excluding carboxylic acids is 1. The third kappa shape index (κ3) is 3.68. The number of benzene rings is 2. The molecule has 0 radical (unpaired) electrons. The SMILES string of the molecule is Cc1cccc(OCCC(=O)Nc2nc3ccccc3s2)c1C. The van der Waals surface area contributed by atoms with Crippen LogP contribution in [-0.4, -0.2) is 17.5 Å². The highest BCUT2D eigenvalue weighted by atomic mass is 32.1. The first-order valence-corrected chi connectivity index (χ1v) is 8.29. The van der Waals surface area contributed by atoms with Crippen molar-refractivity contribution in [2.45, 2.75) is 20.3 Å². The molecule has 1 N–H and O–H groups in total. The molecule has 23 heavy (non-hydrogen) atoms. The highest BCUT2D eigenvalue weighted by molar-refractivity contribution is 7.22. The molecule has 0 aliphatic rings. The zero-order valence-electron chi connectivity index (χ0n) is 13.1. The lowest BCUT2D eigenvalue weighted by Crippen LogP contribution is -2.15. The first kappa shape index (κ1) is 15.5. The number of amides is 1. The number of thiazole rings is 1. The van der Waals surface area contributed by atoms with Crippen LogP contribution >= 0.6 is 11.3 Å². The minimum Gasteiger partial charge on any atom is -0.493 e. The first-order chi connectivity index (χ1) is 11.1. The van der Waals surface area contributed by atoms with Gasteiger partial charge >= 0.3 is 0 Å². The van der Waals surface area contributed by atoms with Gasteiger partial charge in [-0.15, -0.1) is 0 Å². The first-order valence-electron chi connectivity index (χ1n) is 7.48. The van der Waals surface area contributed by atoms with E-state index in [0.717, 1.165) is 21.5 Å². The summed E-state index contributed by atoms with van der Waals surface area (Å²) in [6, 6.07) is 13.8. The second-order valence-corrected chi connectivity index (χ2v) is 6.36. The van der Waals surface area contributed by atoms with Crippen LogP contribution in [0.4, 0.5) is 5.13 Å². The Kier molecular flexibility index (Phi) is 4.57. The lowest BCUT2D eigenvalue weighted by Gasteiger charge is -2.10. The summed E-state index contributed by atoms with van der Waals surface area (Å²) < 4.78 is 6.77. The van der Waals surface area contributed by atoms with E-state index in [1.54, 1.807) is 0 Å². The molecule has 2 aromatic carbocycles. The summed E-state index contributed by atoms with van der Waals surface area (Å²) in [5.74, 6) is 0.743. The molecule has 1 amide bonds. The third-order valence-electron chi connectivity index (χ3n) is 3.68. The molecule has 0 atom stereocenters. The summed E-state index contributed by atoms with van der Waals surface area (Å²) in [5, 5.41) is 3.46. The Morgan fingerprint density at radius 2 is 2.00 bits per heavy atom. The maximum Gasteiger partial charge on any atom is 0.229 e. The Morgan fingerprint density at radius 1 is 1.17 bits per heavy atom. The molecule has 0 aliphatic heterocycles. The van der Waals surface area contributed by atoms with E-state index in [-0.39, 0.29) is 5.91 Å². The van der Waals surface area contributed by atoms with Gasteiger partial charge in [-0.05, 0) is 43.2 Å². The second kappa shape index (κ2) is 6.79. The molecule has 0 bridgehead atoms. The molecule has 4 nitrogen and oxygen atoms in total. The lowest BCUT2D eigenvalue weighted by molar-refractivity contribution is -0.116. The molecule has 3 rings (SSSR count). The Hall–Kier alpha value is -2.40. The Balaban J connectivity index is 1.54. The van der Waals surface area contributed by atoms with E-state index in [1.807, 2.05) is 56.3 Å². The van der Waals surface area contributed by atoms with E-state index < -0.39 is 0 Å². The van der Waals surface area contributed by atoms with E-state index in [4.69, 9.17) is 4.74 Å². The molecule has 1 heterocycles. The van der Waals surface area contributed by atoms with Crippen molar-refractivity contribution in [1.82, 2.24) is 4.98 Å². The molecule has 5 heteroatoms. The fourth-order valence-electron chi connectivity index (χ4n) is 2.24. The molecule has 1 aromatic heterocycles. The largest absolute Gasteiger partial charge is 0.493 e. The van der Waals surface area contributed by atoms with E-state index >= 15 is 0 Å². The van der Waals surface area contributed by atoms with Crippen LogP contribution in [0.3, 0.4) is 0 Å². The molecule has 3 aromatic rings. The number of fused-ring (bicyclic) bond motifs is 1. The Labute approximate surface area is 139 Å². The second-order valence-electron chi connectivity index (χ2n) is 5.33. The van der Waals surface area contributed by atoms with Crippen LogP contribution in [0, 0.1) is 13.8 Å². The maximum atomic E-state index is 12.0. The number of nitrogens with zero attached hydrogens (tertiary/aromatic N) is 1. The number of aryl methyl sites for hydroxylation is 1. The fraction of sp³-hybridized carbons (Fsp3) is 0.222. The maximum absolute atomic E-state index is 12.0. The van der Waals surface area contributed by atoms with E-state index in [2.05, 4.69) is 10.3 Å². The Bertz CT molecular complexity index is 809. The number of anilines is 1. The van der Waals surface area contributed by atoms with Crippen molar-refractivity contribution in [3.05, 3.63) is 53.6 Å². The Morgan fingerprint density at radius 3 is 2.83 bits per heavy atom. The van der Waals surface area contributed by atoms with Gasteiger partial charge in [-0.25, -0.2) is 4.98 Å². The highest BCUT2D eigenvalue weighted by Gasteiger charge is 2.08. The number of ether oxygens (including phenoxy) is 1. The molecule has 0 saturated carbocycles. The standard InChI is InChI=1S/C18H18N2O2S/c1-12-6-5-8-15(13(12)2)22-11-10-17(21)20-18-19-14-7-3-4-9-16(14)23-18/h3-9H,10-11H2,1-2H3,(H,19,20,21). The van der Waals surface area contributed by atoms with Gasteiger partial charge in [0.1, 0.15) is 5.75 Å². The van der Waals surface area contributed by atoms with Crippen LogP contribution in [-0.2, 0) is 4.79 Å². The molecule has 0 unspecified atom stereocenters. The zero-order valence-corrected chi connectivity index (χ0v) is 13.9. The van der Waals surface area contributed by atoms with E-state index in [1.165, 1.54) is 16.9 Å². The van der Waals surface area contributed by atoms with Crippen molar-refractivity contribution < 1.29 is 9.53 Å². The van der Waals surface area contributed by atoms with Crippen molar-refractivity contribution in [3.8, 4) is 5.75 Å². The number of hydrogen-bond donors (Lipinski definition) is 1. The monoisotopic (exact) mass is 326 g/mol. The minimum absolute atomic E-state index is 0.0886. The summed E-state index contributed by atoms with van der Waals surface area (Å²) in [7, 11) is 0. The normalized spacial score (nSPS) is 10.7. The predicted molar refractivity (Wildman–Crippen MR) is 94.3 cm³/mol. The van der Waals surface area contributed by atoms with Gasteiger partial charge in [-0.3, -0.25) is 4.79 Å². The number of hydrogen-bond acceptors (Lipinski definition) is 4. The van der Waals surface area contributed by atoms with Crippen molar-refractivity contribution in [1.29, 1.82) is 0 Å². The van der Waals surface area contributed by atoms with Crippen molar-refractivity contribution >= 4 is 32.6 Å². The summed E-state index contributed by atoms with van der Waals surface area (Å²) in [6.07, 6.45) is 0.295. The number of aromatic nitrogens is 1. The molecular formula is C18H18N2O2S. The quantitative estimate of drug-likeness (QED) is 0.759. The number of rotatable bonds is 5. The smallest absolute Gasteiger partial charge is 0.229 e. The van der Waals surface area contributed by atoms with Gasteiger partial charge in [0.15, 0.2) is 5.13 Å². The van der Waals surface area contributed by atoms with E-state index in [0.29, 0.717) is 18.2 Å². The van der Waals surface area contributed by atoms with E-state index in [9.17, 15) is 4.79 Å². The molecule has 0 fully saturated rings. The van der Waals surface area contributed by atoms with Gasteiger partial charge in [0.25, 0.3) is 0 Å². The molecule has 118 valence electrons. The number of para-hydroxylation sites is 1. The molecule has 0 saturated heterocycles. The molecule has 0 aliphatic carbocycles. The van der Waals surface area contributed by atoms with Gasteiger partial charge in [-0.1, -0.05) is 35.6 Å². The average Bonchev–Trinajstić information content (AvgIpc) is 2.93. The predicted octanol–water partition coefficient (Wildman–Crippen LogP) is 4.32. The van der Waals surface area contributed by atoms with Crippen LogP contribution in [0.5, 0.6) is 5.75 Å². The van der Waals surface area contributed by atoms with Crippen molar-refractivity contribution in [3.63, 3.8) is 0 Å². The van der Waals surface area contributed by atoms with Crippen LogP contribution in [0.15, 0.2) is 42.5 Å². The van der Waals surface area contributed by atoms with Crippen LogP contribution in [0.2, 0.25) is 0 Å². The summed E-state index contributed by atoms with van der Waals surface area (Å²) in [6.45, 7) is 4.41. The summed E-state index contributed by atoms with van der Waals surface area (Å²) in [4.78, 5) is 16.4. The minimum atomic E-state index is -0.0886. The van der Waals surface area contributed by atoms with Gasteiger partial charge in [0, 0.05) is 0 Å². The average molecular weight is 326 g/mol. The van der Waals surface area contributed by atoms with Crippen LogP contribution < -0.4 is 10.1 Å².